The molecule has 28 heavy (non-hydrogen) atoms. The number of carbonyl (C=O) groups excluding carboxylic acids is 1. The van der Waals surface area contributed by atoms with Crippen molar-refractivity contribution in [1.82, 2.24) is 0 Å². The highest BCUT2D eigenvalue weighted by Crippen LogP contribution is 2.35. The topological polar surface area (TPSA) is 55.8 Å². The minimum atomic E-state index is -0.381. The third kappa shape index (κ3) is 5.30. The number of hydrogen-bond donors (Lipinski definition) is 1. The Morgan fingerprint density at radius 3 is 2.46 bits per heavy atom. The lowest BCUT2D eigenvalue weighted by Crippen LogP contribution is -2.14. The summed E-state index contributed by atoms with van der Waals surface area (Å²) in [5, 5.41) is 10.1. The standard InChI is InChI=1S/C23H22O4S/c1-3-26-23(25)15-27-22-10-9-20(11-16(22)2)28-21-13-18(12-19(24)14-21)17-7-5-4-6-8-17/h4-14,24H,3,15H2,1-2H3. The first-order valence-electron chi connectivity index (χ1n) is 9.01. The molecule has 0 radical (unpaired) electrons. The van der Waals surface area contributed by atoms with Crippen LogP contribution in [0, 0.1) is 6.92 Å². The zero-order valence-electron chi connectivity index (χ0n) is 15.8. The molecular formula is C23H22O4S. The van der Waals surface area contributed by atoms with E-state index in [1.807, 2.05) is 55.5 Å². The molecule has 3 aromatic carbocycles. The van der Waals surface area contributed by atoms with Crippen LogP contribution in [-0.4, -0.2) is 24.3 Å². The van der Waals surface area contributed by atoms with Crippen molar-refractivity contribution < 1.29 is 19.4 Å². The van der Waals surface area contributed by atoms with Crippen molar-refractivity contribution in [2.45, 2.75) is 23.6 Å². The fraction of sp³-hybridized carbons (Fsp3) is 0.174. The molecule has 3 rings (SSSR count). The Morgan fingerprint density at radius 2 is 1.75 bits per heavy atom. The molecule has 0 atom stereocenters. The zero-order chi connectivity index (χ0) is 19.9. The summed E-state index contributed by atoms with van der Waals surface area (Å²) in [6.45, 7) is 3.93. The Balaban J connectivity index is 1.74. The highest BCUT2D eigenvalue weighted by atomic mass is 32.2. The lowest BCUT2D eigenvalue weighted by molar-refractivity contribution is -0.145. The van der Waals surface area contributed by atoms with E-state index in [1.165, 1.54) is 0 Å². The fourth-order valence-corrected chi connectivity index (χ4v) is 3.77. The molecule has 3 aromatic rings. The van der Waals surface area contributed by atoms with Crippen LogP contribution in [0.4, 0.5) is 0 Å². The summed E-state index contributed by atoms with van der Waals surface area (Å²) in [4.78, 5) is 13.4. The molecule has 5 heteroatoms. The van der Waals surface area contributed by atoms with Gasteiger partial charge >= 0.3 is 5.97 Å². The molecule has 0 aromatic heterocycles. The van der Waals surface area contributed by atoms with Gasteiger partial charge in [0.15, 0.2) is 6.61 Å². The molecule has 0 spiro atoms. The van der Waals surface area contributed by atoms with Crippen molar-refractivity contribution in [2.24, 2.45) is 0 Å². The van der Waals surface area contributed by atoms with Gasteiger partial charge in [0.1, 0.15) is 11.5 Å². The van der Waals surface area contributed by atoms with Crippen molar-refractivity contribution >= 4 is 17.7 Å². The molecule has 0 amide bonds. The summed E-state index contributed by atoms with van der Waals surface area (Å²) >= 11 is 1.56. The SMILES string of the molecule is CCOC(=O)COc1ccc(Sc2cc(O)cc(-c3ccccc3)c2)cc1C. The van der Waals surface area contributed by atoms with Gasteiger partial charge in [-0.05, 0) is 66.9 Å². The molecule has 144 valence electrons. The van der Waals surface area contributed by atoms with Crippen LogP contribution in [0.5, 0.6) is 11.5 Å². The van der Waals surface area contributed by atoms with E-state index >= 15 is 0 Å². The van der Waals surface area contributed by atoms with E-state index in [0.29, 0.717) is 12.4 Å². The van der Waals surface area contributed by atoms with Gasteiger partial charge in [-0.1, -0.05) is 42.1 Å². The lowest BCUT2D eigenvalue weighted by atomic mass is 10.1. The minimum absolute atomic E-state index is 0.103. The van der Waals surface area contributed by atoms with Gasteiger partial charge in [0.2, 0.25) is 0 Å². The number of aromatic hydroxyl groups is 1. The number of aryl methyl sites for hydroxylation is 1. The number of benzene rings is 3. The lowest BCUT2D eigenvalue weighted by Gasteiger charge is -2.11. The number of carbonyl (C=O) groups is 1. The first-order chi connectivity index (χ1) is 13.5. The quantitative estimate of drug-likeness (QED) is 0.539. The summed E-state index contributed by atoms with van der Waals surface area (Å²) in [6, 6.07) is 21.3. The second kappa shape index (κ2) is 9.33. The van der Waals surface area contributed by atoms with E-state index in [1.54, 1.807) is 30.8 Å². The van der Waals surface area contributed by atoms with Crippen LogP contribution in [0.25, 0.3) is 11.1 Å². The van der Waals surface area contributed by atoms with Crippen LogP contribution >= 0.6 is 11.8 Å². The maximum absolute atomic E-state index is 11.4. The van der Waals surface area contributed by atoms with Crippen molar-refractivity contribution in [2.75, 3.05) is 13.2 Å². The zero-order valence-corrected chi connectivity index (χ0v) is 16.7. The smallest absolute Gasteiger partial charge is 0.344 e. The first kappa shape index (κ1) is 19.8. The predicted octanol–water partition coefficient (Wildman–Crippen LogP) is 5.46. The highest BCUT2D eigenvalue weighted by molar-refractivity contribution is 7.99. The first-order valence-corrected chi connectivity index (χ1v) is 9.83. The maximum atomic E-state index is 11.4. The molecule has 0 aliphatic rings. The predicted molar refractivity (Wildman–Crippen MR) is 111 cm³/mol. The average molecular weight is 394 g/mol. The van der Waals surface area contributed by atoms with E-state index < -0.39 is 0 Å². The van der Waals surface area contributed by atoms with Crippen LogP contribution in [0.15, 0.2) is 76.5 Å². The van der Waals surface area contributed by atoms with Gasteiger partial charge in [0.05, 0.1) is 6.61 Å². The van der Waals surface area contributed by atoms with Crippen LogP contribution in [0.1, 0.15) is 12.5 Å². The molecule has 0 fully saturated rings. The number of ether oxygens (including phenoxy) is 2. The van der Waals surface area contributed by atoms with E-state index in [4.69, 9.17) is 9.47 Å². The third-order valence-corrected chi connectivity index (χ3v) is 4.99. The Hall–Kier alpha value is -2.92. The Bertz CT molecular complexity index is 954. The largest absolute Gasteiger partial charge is 0.508 e. The maximum Gasteiger partial charge on any atom is 0.344 e. The van der Waals surface area contributed by atoms with Crippen molar-refractivity contribution in [3.05, 3.63) is 72.3 Å². The summed E-state index contributed by atoms with van der Waals surface area (Å²) in [6.07, 6.45) is 0. The molecule has 0 heterocycles. The highest BCUT2D eigenvalue weighted by Gasteiger charge is 2.08. The van der Waals surface area contributed by atoms with Crippen LogP contribution in [0.3, 0.4) is 0 Å². The molecule has 0 unspecified atom stereocenters. The van der Waals surface area contributed by atoms with E-state index in [0.717, 1.165) is 26.5 Å². The van der Waals surface area contributed by atoms with Gasteiger partial charge in [-0.15, -0.1) is 0 Å². The molecule has 4 nitrogen and oxygen atoms in total. The van der Waals surface area contributed by atoms with E-state index in [2.05, 4.69) is 6.07 Å². The fourth-order valence-electron chi connectivity index (χ4n) is 2.76. The summed E-state index contributed by atoms with van der Waals surface area (Å²) in [5.74, 6) is 0.502. The number of phenolic OH excluding ortho intramolecular Hbond substituents is 1. The monoisotopic (exact) mass is 394 g/mol. The van der Waals surface area contributed by atoms with Gasteiger partial charge in [0.25, 0.3) is 0 Å². The molecule has 0 aliphatic carbocycles. The molecule has 0 saturated heterocycles. The summed E-state index contributed by atoms with van der Waals surface area (Å²) in [7, 11) is 0. The van der Waals surface area contributed by atoms with Crippen molar-refractivity contribution in [3.8, 4) is 22.6 Å². The minimum Gasteiger partial charge on any atom is -0.508 e. The van der Waals surface area contributed by atoms with E-state index in [9.17, 15) is 9.90 Å². The normalized spacial score (nSPS) is 10.5. The Kier molecular flexibility index (Phi) is 6.61. The van der Waals surface area contributed by atoms with Crippen LogP contribution in [-0.2, 0) is 9.53 Å². The van der Waals surface area contributed by atoms with Crippen LogP contribution < -0.4 is 4.74 Å². The van der Waals surface area contributed by atoms with Gasteiger partial charge < -0.3 is 14.6 Å². The Morgan fingerprint density at radius 1 is 0.964 bits per heavy atom. The van der Waals surface area contributed by atoms with Gasteiger partial charge in [-0.3, -0.25) is 0 Å². The number of hydrogen-bond acceptors (Lipinski definition) is 5. The molecular weight excluding hydrogens is 372 g/mol. The number of esters is 1. The molecule has 0 saturated carbocycles. The van der Waals surface area contributed by atoms with Crippen LogP contribution in [0.2, 0.25) is 0 Å². The van der Waals surface area contributed by atoms with Gasteiger partial charge in [-0.2, -0.15) is 0 Å². The second-order valence-electron chi connectivity index (χ2n) is 6.20. The number of phenols is 1. The molecule has 0 aliphatic heterocycles. The second-order valence-corrected chi connectivity index (χ2v) is 7.35. The average Bonchev–Trinajstić information content (AvgIpc) is 2.68. The van der Waals surface area contributed by atoms with Gasteiger partial charge in [-0.25, -0.2) is 4.79 Å². The molecule has 1 N–H and O–H groups in total. The Labute approximate surface area is 169 Å². The van der Waals surface area contributed by atoms with E-state index in [-0.39, 0.29) is 18.3 Å². The van der Waals surface area contributed by atoms with Gasteiger partial charge in [0, 0.05) is 9.79 Å². The summed E-state index contributed by atoms with van der Waals surface area (Å²) < 4.78 is 10.4. The summed E-state index contributed by atoms with van der Waals surface area (Å²) in [5.41, 5.74) is 2.95. The molecule has 0 bridgehead atoms. The number of rotatable bonds is 7. The third-order valence-electron chi connectivity index (χ3n) is 4.03. The van der Waals surface area contributed by atoms with Crippen molar-refractivity contribution in [3.63, 3.8) is 0 Å². The van der Waals surface area contributed by atoms with Crippen molar-refractivity contribution in [1.29, 1.82) is 0 Å².